The summed E-state index contributed by atoms with van der Waals surface area (Å²) in [6, 6.07) is 10.7. The van der Waals surface area contributed by atoms with Crippen LogP contribution in [0.3, 0.4) is 0 Å². The number of carbonyl (C=O) groups excluding carboxylic acids is 2. The molecule has 178 valence electrons. The summed E-state index contributed by atoms with van der Waals surface area (Å²) >= 11 is 6.22. The van der Waals surface area contributed by atoms with Gasteiger partial charge < -0.3 is 14.8 Å². The fourth-order valence-corrected chi connectivity index (χ4v) is 5.49. The SMILES string of the molecule is CCOC(=O)COc1cccc(NC(=O)c2ccc(Cl)c(S(=O)(=O)N3CCCCCC3)c2)c1. The maximum atomic E-state index is 13.2. The lowest BCUT2D eigenvalue weighted by Gasteiger charge is -2.21. The number of ether oxygens (including phenoxy) is 2. The molecule has 3 rings (SSSR count). The molecule has 1 heterocycles. The van der Waals surface area contributed by atoms with Gasteiger partial charge in [-0.25, -0.2) is 13.2 Å². The third-order valence-corrected chi connectivity index (χ3v) is 7.51. The predicted octanol–water partition coefficient (Wildman–Crippen LogP) is 4.10. The van der Waals surface area contributed by atoms with Crippen LogP contribution in [0, 0.1) is 0 Å². The van der Waals surface area contributed by atoms with Gasteiger partial charge in [0.15, 0.2) is 6.61 Å². The van der Waals surface area contributed by atoms with Crippen molar-refractivity contribution < 1.29 is 27.5 Å². The van der Waals surface area contributed by atoms with Gasteiger partial charge in [0, 0.05) is 30.4 Å². The van der Waals surface area contributed by atoms with E-state index in [2.05, 4.69) is 5.32 Å². The minimum absolute atomic E-state index is 0.0742. The Hall–Kier alpha value is -2.62. The monoisotopic (exact) mass is 494 g/mol. The Kier molecular flexibility index (Phi) is 8.71. The summed E-state index contributed by atoms with van der Waals surface area (Å²) in [7, 11) is -3.81. The number of amides is 1. The number of hydrogen-bond acceptors (Lipinski definition) is 6. The maximum absolute atomic E-state index is 13.2. The van der Waals surface area contributed by atoms with Crippen molar-refractivity contribution in [2.45, 2.75) is 37.5 Å². The number of halogens is 1. The largest absolute Gasteiger partial charge is 0.482 e. The Bertz CT molecular complexity index is 1100. The van der Waals surface area contributed by atoms with Crippen molar-refractivity contribution >= 4 is 39.2 Å². The zero-order valence-electron chi connectivity index (χ0n) is 18.4. The number of benzene rings is 2. The molecule has 0 bridgehead atoms. The van der Waals surface area contributed by atoms with Gasteiger partial charge in [0.1, 0.15) is 10.6 Å². The fraction of sp³-hybridized carbons (Fsp3) is 0.391. The van der Waals surface area contributed by atoms with Crippen LogP contribution in [-0.2, 0) is 19.6 Å². The average molecular weight is 495 g/mol. The highest BCUT2D eigenvalue weighted by molar-refractivity contribution is 7.89. The number of carbonyl (C=O) groups is 2. The zero-order valence-corrected chi connectivity index (χ0v) is 20.0. The van der Waals surface area contributed by atoms with Crippen molar-refractivity contribution in [1.82, 2.24) is 4.31 Å². The second-order valence-corrected chi connectivity index (χ2v) is 9.85. The molecule has 0 aliphatic carbocycles. The van der Waals surface area contributed by atoms with Crippen molar-refractivity contribution in [2.24, 2.45) is 0 Å². The first kappa shape index (κ1) is 25.0. The van der Waals surface area contributed by atoms with Crippen LogP contribution in [0.4, 0.5) is 5.69 Å². The molecule has 0 atom stereocenters. The van der Waals surface area contributed by atoms with Gasteiger partial charge in [0.25, 0.3) is 5.91 Å². The summed E-state index contributed by atoms with van der Waals surface area (Å²) in [5.41, 5.74) is 0.582. The van der Waals surface area contributed by atoms with E-state index in [1.807, 2.05) is 0 Å². The van der Waals surface area contributed by atoms with Crippen molar-refractivity contribution in [3.8, 4) is 5.75 Å². The number of hydrogen-bond donors (Lipinski definition) is 1. The standard InChI is InChI=1S/C23H27ClN2O6S/c1-2-31-22(27)16-32-19-9-7-8-18(15-19)25-23(28)17-10-11-20(24)21(14-17)33(29,30)26-12-5-3-4-6-13-26/h7-11,14-15H,2-6,12-13,16H2,1H3,(H,25,28). The van der Waals surface area contributed by atoms with Gasteiger partial charge in [-0.1, -0.05) is 30.5 Å². The Morgan fingerprint density at radius 1 is 1.06 bits per heavy atom. The van der Waals surface area contributed by atoms with E-state index in [4.69, 9.17) is 21.1 Å². The van der Waals surface area contributed by atoms with Crippen molar-refractivity contribution in [3.63, 3.8) is 0 Å². The Morgan fingerprint density at radius 3 is 2.48 bits per heavy atom. The van der Waals surface area contributed by atoms with Gasteiger partial charge in [0.2, 0.25) is 10.0 Å². The van der Waals surface area contributed by atoms with E-state index in [0.717, 1.165) is 25.7 Å². The van der Waals surface area contributed by atoms with Gasteiger partial charge in [-0.05, 0) is 50.1 Å². The van der Waals surface area contributed by atoms with Gasteiger partial charge in [-0.15, -0.1) is 0 Å². The quantitative estimate of drug-likeness (QED) is 0.554. The lowest BCUT2D eigenvalue weighted by atomic mass is 10.2. The van der Waals surface area contributed by atoms with Crippen molar-refractivity contribution in [1.29, 1.82) is 0 Å². The minimum Gasteiger partial charge on any atom is -0.482 e. The van der Waals surface area contributed by atoms with Crippen LogP contribution in [0.1, 0.15) is 43.0 Å². The Labute approximate surface area is 198 Å². The average Bonchev–Trinajstić information content (AvgIpc) is 3.09. The van der Waals surface area contributed by atoms with Gasteiger partial charge in [0.05, 0.1) is 11.6 Å². The summed E-state index contributed by atoms with van der Waals surface area (Å²) in [6.45, 7) is 2.59. The molecule has 1 fully saturated rings. The van der Waals surface area contributed by atoms with Crippen LogP contribution in [-0.4, -0.2) is 50.9 Å². The zero-order chi connectivity index (χ0) is 23.8. The molecule has 2 aromatic carbocycles. The first-order chi connectivity index (χ1) is 15.8. The number of sulfonamides is 1. The second kappa shape index (κ2) is 11.5. The Morgan fingerprint density at radius 2 is 1.79 bits per heavy atom. The van der Waals surface area contributed by atoms with E-state index in [1.165, 1.54) is 22.5 Å². The van der Waals surface area contributed by atoms with Crippen LogP contribution >= 0.6 is 11.6 Å². The minimum atomic E-state index is -3.81. The van der Waals surface area contributed by atoms with Gasteiger partial charge >= 0.3 is 5.97 Å². The molecule has 0 radical (unpaired) electrons. The van der Waals surface area contributed by atoms with E-state index >= 15 is 0 Å². The highest BCUT2D eigenvalue weighted by Crippen LogP contribution is 2.28. The first-order valence-corrected chi connectivity index (χ1v) is 12.6. The highest BCUT2D eigenvalue weighted by atomic mass is 35.5. The van der Waals surface area contributed by atoms with E-state index in [-0.39, 0.29) is 28.7 Å². The second-order valence-electron chi connectivity index (χ2n) is 7.54. The molecule has 0 aromatic heterocycles. The van der Waals surface area contributed by atoms with Crippen molar-refractivity contribution in [2.75, 3.05) is 31.6 Å². The molecule has 10 heteroatoms. The number of rotatable bonds is 8. The molecular weight excluding hydrogens is 468 g/mol. The normalized spacial score (nSPS) is 14.8. The molecule has 33 heavy (non-hydrogen) atoms. The number of esters is 1. The third kappa shape index (κ3) is 6.69. The van der Waals surface area contributed by atoms with Crippen LogP contribution < -0.4 is 10.1 Å². The predicted molar refractivity (Wildman–Crippen MR) is 125 cm³/mol. The summed E-state index contributed by atoms with van der Waals surface area (Å²) in [6.07, 6.45) is 3.58. The molecule has 1 saturated heterocycles. The molecule has 0 unspecified atom stereocenters. The van der Waals surface area contributed by atoms with E-state index in [0.29, 0.717) is 24.5 Å². The molecule has 1 aliphatic rings. The molecule has 1 amide bonds. The first-order valence-electron chi connectivity index (χ1n) is 10.8. The van der Waals surface area contributed by atoms with Crippen molar-refractivity contribution in [3.05, 3.63) is 53.1 Å². The van der Waals surface area contributed by atoms with Crippen LogP contribution in [0.5, 0.6) is 5.75 Å². The van der Waals surface area contributed by atoms with Crippen LogP contribution in [0.15, 0.2) is 47.4 Å². The van der Waals surface area contributed by atoms with E-state index in [9.17, 15) is 18.0 Å². The number of nitrogens with zero attached hydrogens (tertiary/aromatic N) is 1. The summed E-state index contributed by atoms with van der Waals surface area (Å²) in [5, 5.41) is 2.79. The third-order valence-electron chi connectivity index (χ3n) is 5.13. The van der Waals surface area contributed by atoms with Crippen LogP contribution in [0.2, 0.25) is 5.02 Å². The molecular formula is C23H27ClN2O6S. The highest BCUT2D eigenvalue weighted by Gasteiger charge is 2.28. The smallest absolute Gasteiger partial charge is 0.344 e. The molecule has 1 aliphatic heterocycles. The molecule has 0 saturated carbocycles. The number of nitrogens with one attached hydrogen (secondary N) is 1. The summed E-state index contributed by atoms with van der Waals surface area (Å²) < 4.78 is 38.0. The van der Waals surface area contributed by atoms with Crippen LogP contribution in [0.25, 0.3) is 0 Å². The summed E-state index contributed by atoms with van der Waals surface area (Å²) in [4.78, 5) is 24.2. The molecule has 8 nitrogen and oxygen atoms in total. The topological polar surface area (TPSA) is 102 Å². The molecule has 0 spiro atoms. The number of anilines is 1. The van der Waals surface area contributed by atoms with Gasteiger partial charge in [-0.3, -0.25) is 4.79 Å². The molecule has 2 aromatic rings. The summed E-state index contributed by atoms with van der Waals surface area (Å²) in [5.74, 6) is -0.617. The van der Waals surface area contributed by atoms with E-state index < -0.39 is 21.9 Å². The lowest BCUT2D eigenvalue weighted by molar-refractivity contribution is -0.145. The maximum Gasteiger partial charge on any atom is 0.344 e. The van der Waals surface area contributed by atoms with Gasteiger partial charge in [-0.2, -0.15) is 4.31 Å². The Balaban J connectivity index is 1.75. The lowest BCUT2D eigenvalue weighted by Crippen LogP contribution is -2.32. The molecule has 1 N–H and O–H groups in total. The van der Waals surface area contributed by atoms with E-state index in [1.54, 1.807) is 31.2 Å². The fourth-order valence-electron chi connectivity index (χ4n) is 3.48.